The summed E-state index contributed by atoms with van der Waals surface area (Å²) in [7, 11) is 0. The molecule has 18 heavy (non-hydrogen) atoms. The fraction of sp³-hybridized carbons (Fsp3) is 0.923. The summed E-state index contributed by atoms with van der Waals surface area (Å²) in [5, 5.41) is 11.9. The minimum absolute atomic E-state index is 0.198. The largest absolute Gasteiger partial charge is 0.444 e. The summed E-state index contributed by atoms with van der Waals surface area (Å²) in [4.78, 5) is 11.6. The number of aliphatic hydroxyl groups is 1. The highest BCUT2D eigenvalue weighted by Gasteiger charge is 2.26. The highest BCUT2D eigenvalue weighted by molar-refractivity contribution is 5.68. The van der Waals surface area contributed by atoms with Gasteiger partial charge in [-0.05, 0) is 48.5 Å². The van der Waals surface area contributed by atoms with Crippen molar-refractivity contribution in [2.24, 2.45) is 0 Å². The van der Waals surface area contributed by atoms with E-state index in [2.05, 4.69) is 5.32 Å². The standard InChI is InChI=1S/C13H27NO4/c1-9(17-12(2,3)4)10(8-15)14-11(16)18-13(5,6)7/h9-10,15H,8H2,1-7H3,(H,14,16)/t9-,10-/m0/s1. The second-order valence-corrected chi connectivity index (χ2v) is 6.37. The van der Waals surface area contributed by atoms with E-state index in [-0.39, 0.29) is 18.3 Å². The molecule has 0 fully saturated rings. The fourth-order valence-corrected chi connectivity index (χ4v) is 1.41. The monoisotopic (exact) mass is 261 g/mol. The van der Waals surface area contributed by atoms with Crippen LogP contribution in [0.25, 0.3) is 0 Å². The predicted octanol–water partition coefficient (Wildman–Crippen LogP) is 2.08. The van der Waals surface area contributed by atoms with Gasteiger partial charge in [0, 0.05) is 0 Å². The average Bonchev–Trinajstić information content (AvgIpc) is 2.07. The molecule has 0 aromatic rings. The lowest BCUT2D eigenvalue weighted by Gasteiger charge is -2.31. The van der Waals surface area contributed by atoms with Crippen LogP contribution in [0, 0.1) is 0 Å². The lowest BCUT2D eigenvalue weighted by atomic mass is 10.1. The van der Waals surface area contributed by atoms with Gasteiger partial charge in [-0.25, -0.2) is 4.79 Å². The number of aliphatic hydroxyl groups excluding tert-OH is 1. The van der Waals surface area contributed by atoms with Crippen molar-refractivity contribution in [3.05, 3.63) is 0 Å². The lowest BCUT2D eigenvalue weighted by Crippen LogP contribution is -2.49. The number of carbonyl (C=O) groups excluding carboxylic acids is 1. The fourth-order valence-electron chi connectivity index (χ4n) is 1.41. The van der Waals surface area contributed by atoms with Gasteiger partial charge in [-0.15, -0.1) is 0 Å². The quantitative estimate of drug-likeness (QED) is 0.813. The van der Waals surface area contributed by atoms with Gasteiger partial charge in [0.2, 0.25) is 0 Å². The van der Waals surface area contributed by atoms with E-state index in [1.54, 1.807) is 20.8 Å². The molecule has 5 nitrogen and oxygen atoms in total. The minimum Gasteiger partial charge on any atom is -0.444 e. The Morgan fingerprint density at radius 1 is 1.17 bits per heavy atom. The Morgan fingerprint density at radius 3 is 2.00 bits per heavy atom. The first-order valence-corrected chi connectivity index (χ1v) is 6.23. The molecule has 1 amide bonds. The van der Waals surface area contributed by atoms with Crippen LogP contribution in [0.2, 0.25) is 0 Å². The highest BCUT2D eigenvalue weighted by Crippen LogP contribution is 2.13. The number of alkyl carbamates (subject to hydrolysis) is 1. The van der Waals surface area contributed by atoms with Crippen molar-refractivity contribution in [1.82, 2.24) is 5.32 Å². The molecule has 2 N–H and O–H groups in total. The van der Waals surface area contributed by atoms with Crippen molar-refractivity contribution in [3.8, 4) is 0 Å². The van der Waals surface area contributed by atoms with E-state index in [9.17, 15) is 9.90 Å². The van der Waals surface area contributed by atoms with Crippen LogP contribution in [0.15, 0.2) is 0 Å². The third-order valence-electron chi connectivity index (χ3n) is 2.00. The molecule has 0 rings (SSSR count). The summed E-state index contributed by atoms with van der Waals surface area (Å²) in [6.45, 7) is 12.7. The van der Waals surface area contributed by atoms with Gasteiger partial charge < -0.3 is 19.9 Å². The summed E-state index contributed by atoms with van der Waals surface area (Å²) in [5.41, 5.74) is -0.888. The van der Waals surface area contributed by atoms with E-state index in [1.807, 2.05) is 27.7 Å². The third kappa shape index (κ3) is 8.31. The molecule has 0 aliphatic heterocycles. The Bertz CT molecular complexity index is 265. The molecule has 0 saturated heterocycles. The first-order chi connectivity index (χ1) is 7.94. The van der Waals surface area contributed by atoms with E-state index in [0.717, 1.165) is 0 Å². The van der Waals surface area contributed by atoms with Crippen molar-refractivity contribution >= 4 is 6.09 Å². The van der Waals surface area contributed by atoms with E-state index < -0.39 is 17.7 Å². The Balaban J connectivity index is 4.38. The van der Waals surface area contributed by atoms with Crippen molar-refractivity contribution in [2.45, 2.75) is 71.8 Å². The van der Waals surface area contributed by atoms with Gasteiger partial charge >= 0.3 is 6.09 Å². The van der Waals surface area contributed by atoms with Crippen LogP contribution in [-0.2, 0) is 9.47 Å². The maximum absolute atomic E-state index is 11.6. The van der Waals surface area contributed by atoms with Crippen molar-refractivity contribution < 1.29 is 19.4 Å². The molecule has 0 spiro atoms. The molecule has 0 aliphatic rings. The average molecular weight is 261 g/mol. The third-order valence-corrected chi connectivity index (χ3v) is 2.00. The van der Waals surface area contributed by atoms with Gasteiger partial charge in [0.15, 0.2) is 0 Å². The van der Waals surface area contributed by atoms with Gasteiger partial charge in [0.1, 0.15) is 5.60 Å². The SMILES string of the molecule is C[C@H](OC(C)(C)C)[C@H](CO)NC(=O)OC(C)(C)C. The van der Waals surface area contributed by atoms with Gasteiger partial charge in [0.05, 0.1) is 24.4 Å². The first-order valence-electron chi connectivity index (χ1n) is 6.23. The van der Waals surface area contributed by atoms with Gasteiger partial charge in [0.25, 0.3) is 0 Å². The number of rotatable bonds is 4. The molecular weight excluding hydrogens is 234 g/mol. The Labute approximate surface area is 110 Å². The molecule has 0 unspecified atom stereocenters. The van der Waals surface area contributed by atoms with E-state index in [4.69, 9.17) is 9.47 Å². The number of amides is 1. The molecule has 0 bridgehead atoms. The molecule has 5 heteroatoms. The second-order valence-electron chi connectivity index (χ2n) is 6.37. The maximum atomic E-state index is 11.6. The second kappa shape index (κ2) is 6.38. The van der Waals surface area contributed by atoms with Crippen LogP contribution < -0.4 is 5.32 Å². The predicted molar refractivity (Wildman–Crippen MR) is 70.5 cm³/mol. The van der Waals surface area contributed by atoms with Crippen molar-refractivity contribution in [1.29, 1.82) is 0 Å². The Hall–Kier alpha value is -0.810. The Kier molecular flexibility index (Phi) is 6.10. The number of hydrogen-bond donors (Lipinski definition) is 2. The summed E-state index contributed by atoms with van der Waals surface area (Å²) in [5.74, 6) is 0. The molecule has 2 atom stereocenters. The normalized spacial score (nSPS) is 16.0. The zero-order valence-corrected chi connectivity index (χ0v) is 12.5. The zero-order chi connectivity index (χ0) is 14.6. The molecule has 0 heterocycles. The smallest absolute Gasteiger partial charge is 0.408 e. The Morgan fingerprint density at radius 2 is 1.67 bits per heavy atom. The van der Waals surface area contributed by atoms with Crippen molar-refractivity contribution in [3.63, 3.8) is 0 Å². The molecule has 108 valence electrons. The summed E-state index contributed by atoms with van der Waals surface area (Å²) < 4.78 is 10.8. The van der Waals surface area contributed by atoms with Crippen LogP contribution in [-0.4, -0.2) is 41.2 Å². The molecule has 0 aliphatic carbocycles. The summed E-state index contributed by atoms with van der Waals surface area (Å²) in [6, 6.07) is -0.487. The van der Waals surface area contributed by atoms with Crippen LogP contribution in [0.1, 0.15) is 48.5 Å². The van der Waals surface area contributed by atoms with Crippen molar-refractivity contribution in [2.75, 3.05) is 6.61 Å². The molecule has 0 saturated carbocycles. The molecule has 0 radical (unpaired) electrons. The van der Waals surface area contributed by atoms with Gasteiger partial charge in [-0.1, -0.05) is 0 Å². The summed E-state index contributed by atoms with van der Waals surface area (Å²) >= 11 is 0. The van der Waals surface area contributed by atoms with Gasteiger partial charge in [-0.2, -0.15) is 0 Å². The van der Waals surface area contributed by atoms with Gasteiger partial charge in [-0.3, -0.25) is 0 Å². The molecule has 0 aromatic carbocycles. The lowest BCUT2D eigenvalue weighted by molar-refractivity contribution is -0.0734. The number of carbonyl (C=O) groups is 1. The molecule has 0 aromatic heterocycles. The maximum Gasteiger partial charge on any atom is 0.408 e. The van der Waals surface area contributed by atoms with Crippen LogP contribution in [0.5, 0.6) is 0 Å². The number of hydrogen-bond acceptors (Lipinski definition) is 4. The van der Waals surface area contributed by atoms with Crippen LogP contribution >= 0.6 is 0 Å². The number of ether oxygens (including phenoxy) is 2. The molecular formula is C13H27NO4. The first kappa shape index (κ1) is 17.2. The minimum atomic E-state index is -0.557. The van der Waals surface area contributed by atoms with E-state index >= 15 is 0 Å². The zero-order valence-electron chi connectivity index (χ0n) is 12.5. The highest BCUT2D eigenvalue weighted by atomic mass is 16.6. The van der Waals surface area contributed by atoms with E-state index in [1.165, 1.54) is 0 Å². The summed E-state index contributed by atoms with van der Waals surface area (Å²) in [6.07, 6.45) is -0.853. The van der Waals surface area contributed by atoms with Crippen LogP contribution in [0.4, 0.5) is 4.79 Å². The number of nitrogens with one attached hydrogen (secondary N) is 1. The topological polar surface area (TPSA) is 67.8 Å². The van der Waals surface area contributed by atoms with Crippen LogP contribution in [0.3, 0.4) is 0 Å². The van der Waals surface area contributed by atoms with E-state index in [0.29, 0.717) is 0 Å².